The lowest BCUT2D eigenvalue weighted by Gasteiger charge is -2.00. The van der Waals surface area contributed by atoms with Gasteiger partial charge in [-0.15, -0.1) is 0 Å². The van der Waals surface area contributed by atoms with E-state index in [-0.39, 0.29) is 8.80 Å². The first-order chi connectivity index (χ1) is 4.27. The molecule has 9 heavy (non-hydrogen) atoms. The van der Waals surface area contributed by atoms with Crippen molar-refractivity contribution in [2.24, 2.45) is 0 Å². The largest absolute Gasteiger partial charge is 0.194 e. The molecular weight excluding hydrogens is 160 g/mol. The van der Waals surface area contributed by atoms with E-state index >= 15 is 0 Å². The maximum absolute atomic E-state index is 2.44. The zero-order chi connectivity index (χ0) is 7.11. The molecule has 0 amide bonds. The third kappa shape index (κ3) is 8.78. The van der Waals surface area contributed by atoms with Crippen LogP contribution in [0.1, 0.15) is 6.42 Å². The summed E-state index contributed by atoms with van der Waals surface area (Å²) in [5.41, 5.74) is 0. The van der Waals surface area contributed by atoms with Gasteiger partial charge in [0.05, 0.1) is 8.67 Å². The Labute approximate surface area is 66.9 Å². The van der Waals surface area contributed by atoms with Crippen LogP contribution >= 0.6 is 11.2 Å². The summed E-state index contributed by atoms with van der Waals surface area (Å²) in [5, 5.41) is 0. The van der Waals surface area contributed by atoms with Crippen molar-refractivity contribution in [3.63, 3.8) is 0 Å². The predicted octanol–water partition coefficient (Wildman–Crippen LogP) is 1.73. The Balaban J connectivity index is 2.75. The van der Waals surface area contributed by atoms with E-state index in [0.29, 0.717) is 8.67 Å². The molecule has 0 fully saturated rings. The first-order valence-corrected chi connectivity index (χ1v) is 11.3. The molecule has 3 heteroatoms. The van der Waals surface area contributed by atoms with Crippen LogP contribution in [0.15, 0.2) is 0 Å². The van der Waals surface area contributed by atoms with Crippen LogP contribution in [0.3, 0.4) is 0 Å². The van der Waals surface area contributed by atoms with Crippen molar-refractivity contribution in [3.8, 4) is 0 Å². The van der Waals surface area contributed by atoms with E-state index in [1.54, 1.807) is 6.04 Å². The fraction of sp³-hybridized carbons (Fsp3) is 1.00. The van der Waals surface area contributed by atoms with Crippen molar-refractivity contribution >= 4 is 28.7 Å². The summed E-state index contributed by atoms with van der Waals surface area (Å²) in [6, 6.07) is 1.56. The average Bonchev–Trinajstić information content (AvgIpc) is 1.80. The second-order valence-electron chi connectivity index (χ2n) is 2.73. The SMILES string of the molecule is C[SiH2]SCCC[SiH](C)C. The molecular formula is C6H18SSi2. The average molecular weight is 178 g/mol. The van der Waals surface area contributed by atoms with Crippen LogP contribution in [-0.2, 0) is 0 Å². The van der Waals surface area contributed by atoms with E-state index in [2.05, 4.69) is 30.9 Å². The minimum Gasteiger partial charge on any atom is -0.194 e. The van der Waals surface area contributed by atoms with Gasteiger partial charge >= 0.3 is 0 Å². The van der Waals surface area contributed by atoms with Crippen LogP contribution in [0.5, 0.6) is 0 Å². The van der Waals surface area contributed by atoms with Gasteiger partial charge < -0.3 is 0 Å². The van der Waals surface area contributed by atoms with Crippen LogP contribution in [0, 0.1) is 0 Å². The summed E-state index contributed by atoms with van der Waals surface area (Å²) < 4.78 is 0. The van der Waals surface area contributed by atoms with E-state index in [1.807, 2.05) is 0 Å². The molecule has 0 nitrogen and oxygen atoms in total. The molecule has 0 aromatic rings. The highest BCUT2D eigenvalue weighted by atomic mass is 32.4. The molecule has 0 saturated carbocycles. The van der Waals surface area contributed by atoms with Crippen LogP contribution in [0.2, 0.25) is 25.7 Å². The molecule has 0 aliphatic rings. The van der Waals surface area contributed by atoms with E-state index in [1.165, 1.54) is 12.2 Å². The first kappa shape index (κ1) is 9.78. The number of hydrogen-bond acceptors (Lipinski definition) is 1. The van der Waals surface area contributed by atoms with Gasteiger partial charge in [-0.05, 0) is 12.2 Å². The fourth-order valence-electron chi connectivity index (χ4n) is 0.738. The van der Waals surface area contributed by atoms with Crippen LogP contribution in [0.25, 0.3) is 0 Å². The summed E-state index contributed by atoms with van der Waals surface area (Å²) in [6.07, 6.45) is 1.50. The Bertz CT molecular complexity index is 57.0. The highest BCUT2D eigenvalue weighted by Crippen LogP contribution is 2.04. The Kier molecular flexibility index (Phi) is 7.50. The van der Waals surface area contributed by atoms with Crippen molar-refractivity contribution < 1.29 is 0 Å². The second kappa shape index (κ2) is 6.90. The molecule has 0 aromatic heterocycles. The Morgan fingerprint density at radius 2 is 2.11 bits per heavy atom. The van der Waals surface area contributed by atoms with Gasteiger partial charge in [-0.1, -0.05) is 25.7 Å². The molecule has 0 radical (unpaired) electrons. The molecule has 0 heterocycles. The lowest BCUT2D eigenvalue weighted by atomic mass is 10.6. The lowest BCUT2D eigenvalue weighted by Crippen LogP contribution is -1.98. The standard InChI is InChI=1S/C6H18SSi2/c1-8-7-5-4-6-9(2)3/h9H,4-6,8H2,1-3H3. The molecule has 0 bridgehead atoms. The molecule has 0 spiro atoms. The maximum Gasteiger partial charge on any atom is 0.0823 e. The van der Waals surface area contributed by atoms with Crippen LogP contribution in [0.4, 0.5) is 0 Å². The monoisotopic (exact) mass is 178 g/mol. The zero-order valence-corrected chi connectivity index (χ0v) is 10.2. The third-order valence-electron chi connectivity index (χ3n) is 1.27. The van der Waals surface area contributed by atoms with Gasteiger partial charge in [0.15, 0.2) is 0 Å². The van der Waals surface area contributed by atoms with E-state index in [4.69, 9.17) is 0 Å². The van der Waals surface area contributed by atoms with E-state index < -0.39 is 0 Å². The molecule has 0 aliphatic carbocycles. The van der Waals surface area contributed by atoms with E-state index in [0.717, 1.165) is 0 Å². The molecule has 0 saturated heterocycles. The minimum absolute atomic E-state index is 0.211. The van der Waals surface area contributed by atoms with E-state index in [9.17, 15) is 0 Å². The molecule has 0 rings (SSSR count). The zero-order valence-electron chi connectivity index (χ0n) is 6.81. The lowest BCUT2D eigenvalue weighted by molar-refractivity contribution is 1.08. The summed E-state index contributed by atoms with van der Waals surface area (Å²) in [4.78, 5) is 0. The van der Waals surface area contributed by atoms with Gasteiger partial charge in [-0.2, -0.15) is 11.2 Å². The Morgan fingerprint density at radius 3 is 2.56 bits per heavy atom. The molecule has 0 N–H and O–H groups in total. The highest BCUT2D eigenvalue weighted by Gasteiger charge is 1.93. The normalized spacial score (nSPS) is 12.0. The summed E-state index contributed by atoms with van der Waals surface area (Å²) in [6.45, 7) is 7.25. The van der Waals surface area contributed by atoms with Gasteiger partial charge in [-0.25, -0.2) is 0 Å². The van der Waals surface area contributed by atoms with Crippen molar-refractivity contribution in [1.82, 2.24) is 0 Å². The predicted molar refractivity (Wildman–Crippen MR) is 55.2 cm³/mol. The van der Waals surface area contributed by atoms with Crippen molar-refractivity contribution in [3.05, 3.63) is 0 Å². The smallest absolute Gasteiger partial charge is 0.0823 e. The van der Waals surface area contributed by atoms with Crippen LogP contribution < -0.4 is 0 Å². The Hall–Kier alpha value is 0.784. The number of rotatable bonds is 5. The van der Waals surface area contributed by atoms with Crippen molar-refractivity contribution in [2.75, 3.05) is 5.75 Å². The summed E-state index contributed by atoms with van der Waals surface area (Å²) in [5.74, 6) is 1.45. The van der Waals surface area contributed by atoms with Gasteiger partial charge in [0.25, 0.3) is 0 Å². The minimum atomic E-state index is -0.211. The second-order valence-corrected chi connectivity index (χ2v) is 10.4. The molecule has 0 atom stereocenters. The fourth-order valence-corrected chi connectivity index (χ4v) is 4.19. The first-order valence-electron chi connectivity index (χ1n) is 3.85. The van der Waals surface area contributed by atoms with Gasteiger partial charge in [-0.3, -0.25) is 0 Å². The third-order valence-corrected chi connectivity index (χ3v) is 5.91. The Morgan fingerprint density at radius 1 is 1.44 bits per heavy atom. The van der Waals surface area contributed by atoms with Crippen LogP contribution in [-0.4, -0.2) is 23.2 Å². The molecule has 0 unspecified atom stereocenters. The van der Waals surface area contributed by atoms with Gasteiger partial charge in [0, 0.05) is 8.80 Å². The summed E-state index contributed by atoms with van der Waals surface area (Å²) in [7, 11) is 0.0901. The topological polar surface area (TPSA) is 0 Å². The molecule has 0 aliphatic heterocycles. The van der Waals surface area contributed by atoms with Crippen molar-refractivity contribution in [1.29, 1.82) is 0 Å². The summed E-state index contributed by atoms with van der Waals surface area (Å²) >= 11 is 2.21. The van der Waals surface area contributed by atoms with Gasteiger partial charge in [0.2, 0.25) is 0 Å². The van der Waals surface area contributed by atoms with Crippen molar-refractivity contribution in [2.45, 2.75) is 32.1 Å². The highest BCUT2D eigenvalue weighted by molar-refractivity contribution is 8.22. The number of hydrogen-bond donors (Lipinski definition) is 0. The molecule has 0 aromatic carbocycles. The molecule has 56 valence electrons. The maximum atomic E-state index is 2.44. The quantitative estimate of drug-likeness (QED) is 0.456. The van der Waals surface area contributed by atoms with Gasteiger partial charge in [0.1, 0.15) is 0 Å².